The number of aryl methyl sites for hydroxylation is 1. The molecule has 0 fully saturated rings. The highest BCUT2D eigenvalue weighted by molar-refractivity contribution is 5.89. The number of urea groups is 1. The van der Waals surface area contributed by atoms with Crippen LogP contribution in [-0.4, -0.2) is 24.3 Å². The van der Waals surface area contributed by atoms with Crippen molar-refractivity contribution in [1.82, 2.24) is 5.32 Å². The maximum Gasteiger partial charge on any atom is 0.319 e. The van der Waals surface area contributed by atoms with E-state index in [-0.39, 0.29) is 18.6 Å². The summed E-state index contributed by atoms with van der Waals surface area (Å²) in [6.07, 6.45) is 1.55. The minimum absolute atomic E-state index is 0.0986. The molecule has 23 heavy (non-hydrogen) atoms. The van der Waals surface area contributed by atoms with Crippen molar-refractivity contribution >= 4 is 11.7 Å². The molecule has 0 aliphatic heterocycles. The zero-order chi connectivity index (χ0) is 16.5. The maximum absolute atomic E-state index is 12.1. The number of rotatable bonds is 7. The van der Waals surface area contributed by atoms with Crippen LogP contribution < -0.4 is 10.6 Å². The van der Waals surface area contributed by atoms with E-state index in [2.05, 4.69) is 17.6 Å². The second kappa shape index (κ2) is 8.96. The third kappa shape index (κ3) is 5.42. The molecule has 0 aliphatic rings. The molecule has 1 unspecified atom stereocenters. The van der Waals surface area contributed by atoms with Gasteiger partial charge in [-0.3, -0.25) is 0 Å². The van der Waals surface area contributed by atoms with Gasteiger partial charge in [0.15, 0.2) is 0 Å². The largest absolute Gasteiger partial charge is 0.396 e. The Labute approximate surface area is 137 Å². The fourth-order valence-corrected chi connectivity index (χ4v) is 2.53. The van der Waals surface area contributed by atoms with Gasteiger partial charge in [0.2, 0.25) is 0 Å². The van der Waals surface area contributed by atoms with Crippen molar-refractivity contribution in [3.8, 4) is 0 Å². The summed E-state index contributed by atoms with van der Waals surface area (Å²) < 4.78 is 0. The first-order valence-corrected chi connectivity index (χ1v) is 8.02. The number of anilines is 1. The van der Waals surface area contributed by atoms with Crippen LogP contribution in [0.2, 0.25) is 0 Å². The van der Waals surface area contributed by atoms with Crippen LogP contribution in [0, 0.1) is 0 Å². The lowest BCUT2D eigenvalue weighted by Gasteiger charge is -2.17. The van der Waals surface area contributed by atoms with Crippen molar-refractivity contribution in [2.75, 3.05) is 18.5 Å². The predicted molar refractivity (Wildman–Crippen MR) is 93.7 cm³/mol. The van der Waals surface area contributed by atoms with Gasteiger partial charge in [0, 0.05) is 24.8 Å². The van der Waals surface area contributed by atoms with Gasteiger partial charge in [-0.05, 0) is 36.1 Å². The smallest absolute Gasteiger partial charge is 0.319 e. The molecule has 1 atom stereocenters. The molecular formula is C19H24N2O2. The fourth-order valence-electron chi connectivity index (χ4n) is 2.53. The van der Waals surface area contributed by atoms with E-state index in [1.165, 1.54) is 5.56 Å². The molecule has 4 heteroatoms. The fraction of sp³-hybridized carbons (Fsp3) is 0.316. The van der Waals surface area contributed by atoms with E-state index in [1.54, 1.807) is 0 Å². The molecule has 0 aromatic heterocycles. The van der Waals surface area contributed by atoms with Crippen molar-refractivity contribution in [3.63, 3.8) is 0 Å². The Balaban J connectivity index is 1.91. The lowest BCUT2D eigenvalue weighted by atomic mass is 9.96. The molecule has 2 amide bonds. The van der Waals surface area contributed by atoms with Crippen molar-refractivity contribution in [2.45, 2.75) is 25.7 Å². The van der Waals surface area contributed by atoms with Crippen molar-refractivity contribution in [3.05, 3.63) is 65.7 Å². The van der Waals surface area contributed by atoms with Crippen LogP contribution in [0.1, 0.15) is 30.4 Å². The molecule has 0 radical (unpaired) electrons. The Morgan fingerprint density at radius 2 is 1.91 bits per heavy atom. The zero-order valence-corrected chi connectivity index (χ0v) is 13.5. The molecule has 122 valence electrons. The topological polar surface area (TPSA) is 61.4 Å². The molecule has 0 heterocycles. The number of nitrogens with one attached hydrogen (secondary N) is 2. The first-order chi connectivity index (χ1) is 11.2. The Hall–Kier alpha value is -2.33. The molecule has 0 spiro atoms. The van der Waals surface area contributed by atoms with Crippen molar-refractivity contribution in [2.24, 2.45) is 0 Å². The number of carbonyl (C=O) groups is 1. The van der Waals surface area contributed by atoms with Gasteiger partial charge in [0.25, 0.3) is 0 Å². The number of aliphatic hydroxyl groups is 1. The first kappa shape index (κ1) is 17.0. The van der Waals surface area contributed by atoms with Gasteiger partial charge in [0.1, 0.15) is 0 Å². The van der Waals surface area contributed by atoms with E-state index in [4.69, 9.17) is 0 Å². The third-order valence-electron chi connectivity index (χ3n) is 3.85. The van der Waals surface area contributed by atoms with E-state index in [1.807, 2.05) is 54.6 Å². The highest BCUT2D eigenvalue weighted by Gasteiger charge is 2.12. The van der Waals surface area contributed by atoms with E-state index in [9.17, 15) is 9.90 Å². The third-order valence-corrected chi connectivity index (χ3v) is 3.85. The normalized spacial score (nSPS) is 11.7. The molecule has 0 bridgehead atoms. The Morgan fingerprint density at radius 1 is 1.13 bits per heavy atom. The van der Waals surface area contributed by atoms with Gasteiger partial charge in [-0.15, -0.1) is 0 Å². The van der Waals surface area contributed by atoms with E-state index >= 15 is 0 Å². The Kier molecular flexibility index (Phi) is 6.63. The van der Waals surface area contributed by atoms with Crippen LogP contribution in [-0.2, 0) is 6.42 Å². The number of hydrogen-bond donors (Lipinski definition) is 3. The van der Waals surface area contributed by atoms with Crippen molar-refractivity contribution < 1.29 is 9.90 Å². The lowest BCUT2D eigenvalue weighted by Crippen LogP contribution is -2.32. The predicted octanol–water partition coefficient (Wildman–Crippen LogP) is 3.54. The minimum Gasteiger partial charge on any atom is -0.396 e. The molecule has 2 aromatic carbocycles. The summed E-state index contributed by atoms with van der Waals surface area (Å²) in [6, 6.07) is 17.5. The van der Waals surface area contributed by atoms with Crippen LogP contribution >= 0.6 is 0 Å². The summed E-state index contributed by atoms with van der Waals surface area (Å²) >= 11 is 0. The van der Waals surface area contributed by atoms with Gasteiger partial charge < -0.3 is 15.7 Å². The van der Waals surface area contributed by atoms with Crippen LogP contribution in [0.3, 0.4) is 0 Å². The molecule has 0 aliphatic carbocycles. The Morgan fingerprint density at radius 3 is 2.61 bits per heavy atom. The van der Waals surface area contributed by atoms with Crippen molar-refractivity contribution in [1.29, 1.82) is 0 Å². The summed E-state index contributed by atoms with van der Waals surface area (Å²) in [5.74, 6) is 0.105. The quantitative estimate of drug-likeness (QED) is 0.732. The van der Waals surface area contributed by atoms with Gasteiger partial charge in [-0.1, -0.05) is 49.4 Å². The van der Waals surface area contributed by atoms with E-state index in [0.29, 0.717) is 13.0 Å². The van der Waals surface area contributed by atoms with Crippen LogP contribution in [0.25, 0.3) is 0 Å². The molecule has 3 N–H and O–H groups in total. The molecule has 0 saturated carbocycles. The number of aliphatic hydroxyl groups excluding tert-OH is 1. The average molecular weight is 312 g/mol. The first-order valence-electron chi connectivity index (χ1n) is 8.02. The van der Waals surface area contributed by atoms with E-state index in [0.717, 1.165) is 17.7 Å². The second-order valence-corrected chi connectivity index (χ2v) is 5.51. The van der Waals surface area contributed by atoms with Gasteiger partial charge in [-0.25, -0.2) is 4.79 Å². The summed E-state index contributed by atoms with van der Waals surface area (Å²) in [5, 5.41) is 15.0. The molecule has 2 rings (SSSR count). The highest BCUT2D eigenvalue weighted by Crippen LogP contribution is 2.18. The van der Waals surface area contributed by atoms with E-state index < -0.39 is 0 Å². The maximum atomic E-state index is 12.1. The number of hydrogen-bond acceptors (Lipinski definition) is 2. The Bertz CT molecular complexity index is 614. The molecule has 2 aromatic rings. The zero-order valence-electron chi connectivity index (χ0n) is 13.5. The highest BCUT2D eigenvalue weighted by atomic mass is 16.3. The minimum atomic E-state index is -0.225. The van der Waals surface area contributed by atoms with Gasteiger partial charge in [-0.2, -0.15) is 0 Å². The molecule has 4 nitrogen and oxygen atoms in total. The molecule has 0 saturated heterocycles. The number of carbonyl (C=O) groups excluding carboxylic acids is 1. The van der Waals surface area contributed by atoms with Crippen LogP contribution in [0.15, 0.2) is 54.6 Å². The summed E-state index contributed by atoms with van der Waals surface area (Å²) in [6.45, 7) is 2.67. The lowest BCUT2D eigenvalue weighted by molar-refractivity contribution is 0.248. The summed E-state index contributed by atoms with van der Waals surface area (Å²) in [4.78, 5) is 12.1. The van der Waals surface area contributed by atoms with Gasteiger partial charge >= 0.3 is 6.03 Å². The monoisotopic (exact) mass is 312 g/mol. The average Bonchev–Trinajstić information content (AvgIpc) is 2.59. The standard InChI is InChI=1S/C19H24N2O2/c1-2-15-7-6-10-18(13-15)21-19(23)20-14-17(11-12-22)16-8-4-3-5-9-16/h3-10,13,17,22H,2,11-12,14H2,1H3,(H2,20,21,23). The van der Waals surface area contributed by atoms with Gasteiger partial charge in [0.05, 0.1) is 0 Å². The number of amides is 2. The summed E-state index contributed by atoms with van der Waals surface area (Å²) in [7, 11) is 0. The number of benzene rings is 2. The van der Waals surface area contributed by atoms with Crippen LogP contribution in [0.4, 0.5) is 10.5 Å². The SMILES string of the molecule is CCc1cccc(NC(=O)NCC(CCO)c2ccccc2)c1. The van der Waals surface area contributed by atoms with Crippen LogP contribution in [0.5, 0.6) is 0 Å². The second-order valence-electron chi connectivity index (χ2n) is 5.51. The molecular weight excluding hydrogens is 288 g/mol. The summed E-state index contributed by atoms with van der Waals surface area (Å²) in [5.41, 5.74) is 3.10.